The van der Waals surface area contributed by atoms with Gasteiger partial charge in [-0.15, -0.1) is 0 Å². The Bertz CT molecular complexity index is 667. The molecular formula is C17H26N6O. The zero-order chi connectivity index (χ0) is 18.1. The van der Waals surface area contributed by atoms with Gasteiger partial charge in [-0.3, -0.25) is 5.41 Å². The molecule has 1 atom stereocenters. The molecule has 0 radical (unpaired) electrons. The van der Waals surface area contributed by atoms with Gasteiger partial charge < -0.3 is 15.7 Å². The van der Waals surface area contributed by atoms with Crippen molar-refractivity contribution in [3.8, 4) is 0 Å². The van der Waals surface area contributed by atoms with Crippen LogP contribution in [0.15, 0.2) is 34.4 Å². The van der Waals surface area contributed by atoms with Gasteiger partial charge >= 0.3 is 0 Å². The van der Waals surface area contributed by atoms with Crippen molar-refractivity contribution in [1.82, 2.24) is 9.91 Å². The number of nitrogens with zero attached hydrogens (tertiary/aromatic N) is 4. The molecule has 7 nitrogen and oxygen atoms in total. The first-order chi connectivity index (χ1) is 11.1. The lowest BCUT2D eigenvalue weighted by atomic mass is 10.1. The van der Waals surface area contributed by atoms with Crippen LogP contribution in [0.5, 0.6) is 0 Å². The van der Waals surface area contributed by atoms with Crippen LogP contribution in [0.4, 0.5) is 5.69 Å². The Morgan fingerprint density at radius 2 is 1.88 bits per heavy atom. The van der Waals surface area contributed by atoms with Gasteiger partial charge in [0.1, 0.15) is 17.7 Å². The lowest BCUT2D eigenvalue weighted by molar-refractivity contribution is 0.186. The van der Waals surface area contributed by atoms with E-state index in [1.54, 1.807) is 29.3 Å². The third kappa shape index (κ3) is 4.05. The SMILES string of the molecule is CN(C)CC1=NN(C(C)(C)C)C(=N)C1=Nc1ccc(C(N)O)cc1. The van der Waals surface area contributed by atoms with Crippen molar-refractivity contribution in [2.24, 2.45) is 15.8 Å². The quantitative estimate of drug-likeness (QED) is 0.732. The number of aliphatic hydroxyl groups excluding tert-OH is 1. The summed E-state index contributed by atoms with van der Waals surface area (Å²) < 4.78 is 0. The molecule has 1 aliphatic heterocycles. The summed E-state index contributed by atoms with van der Waals surface area (Å²) in [5.41, 5.74) is 7.81. The summed E-state index contributed by atoms with van der Waals surface area (Å²) >= 11 is 0. The molecule has 7 heteroatoms. The zero-order valence-electron chi connectivity index (χ0n) is 14.9. The van der Waals surface area contributed by atoms with Gasteiger partial charge in [0, 0.05) is 6.54 Å². The second-order valence-corrected chi connectivity index (χ2v) is 7.11. The average Bonchev–Trinajstić information content (AvgIpc) is 2.76. The molecule has 1 aromatic carbocycles. The van der Waals surface area contributed by atoms with Crippen molar-refractivity contribution in [2.45, 2.75) is 32.5 Å². The number of benzene rings is 1. The Labute approximate surface area is 143 Å². The second-order valence-electron chi connectivity index (χ2n) is 7.11. The van der Waals surface area contributed by atoms with E-state index in [4.69, 9.17) is 11.1 Å². The predicted molar refractivity (Wildman–Crippen MR) is 98.0 cm³/mol. The van der Waals surface area contributed by atoms with E-state index in [0.717, 1.165) is 5.71 Å². The van der Waals surface area contributed by atoms with Gasteiger partial charge in [0.25, 0.3) is 0 Å². The summed E-state index contributed by atoms with van der Waals surface area (Å²) in [6.07, 6.45) is -1.00. The molecule has 24 heavy (non-hydrogen) atoms. The molecular weight excluding hydrogens is 304 g/mol. The number of nitrogens with two attached hydrogens (primary N) is 1. The molecule has 1 unspecified atom stereocenters. The molecule has 0 bridgehead atoms. The van der Waals surface area contributed by atoms with Crippen LogP contribution in [0.3, 0.4) is 0 Å². The molecule has 1 aliphatic rings. The van der Waals surface area contributed by atoms with Crippen LogP contribution in [-0.4, -0.2) is 58.5 Å². The van der Waals surface area contributed by atoms with E-state index in [1.165, 1.54) is 0 Å². The number of rotatable bonds is 4. The van der Waals surface area contributed by atoms with Gasteiger partial charge in [-0.25, -0.2) is 10.0 Å². The summed E-state index contributed by atoms with van der Waals surface area (Å²) in [6, 6.07) is 7.01. The van der Waals surface area contributed by atoms with E-state index in [1.807, 2.05) is 39.8 Å². The maximum absolute atomic E-state index is 9.38. The molecule has 1 aromatic rings. The number of aliphatic hydroxyl groups is 1. The van der Waals surface area contributed by atoms with Gasteiger partial charge in [0.2, 0.25) is 0 Å². The summed E-state index contributed by atoms with van der Waals surface area (Å²) in [7, 11) is 3.92. The van der Waals surface area contributed by atoms with Crippen LogP contribution < -0.4 is 5.73 Å². The fourth-order valence-corrected chi connectivity index (χ4v) is 2.34. The predicted octanol–water partition coefficient (Wildman–Crippen LogP) is 1.72. The van der Waals surface area contributed by atoms with Crippen molar-refractivity contribution in [2.75, 3.05) is 20.6 Å². The standard InChI is InChI=1S/C17H26N6O/c1-17(2,3)23-15(18)14(13(21-23)10-22(4)5)20-12-8-6-11(7-9-12)16(19)24/h6-9,16,18,24H,10,19H2,1-5H3. The number of aliphatic imine (C=N–C) groups is 1. The molecule has 2 rings (SSSR count). The maximum atomic E-state index is 9.38. The summed E-state index contributed by atoms with van der Waals surface area (Å²) in [6.45, 7) is 6.64. The van der Waals surface area contributed by atoms with E-state index in [9.17, 15) is 5.11 Å². The van der Waals surface area contributed by atoms with Crippen LogP contribution in [-0.2, 0) is 0 Å². The van der Waals surface area contributed by atoms with Crippen LogP contribution in [0.2, 0.25) is 0 Å². The fourth-order valence-electron chi connectivity index (χ4n) is 2.34. The van der Waals surface area contributed by atoms with Gasteiger partial charge in [-0.05, 0) is 52.6 Å². The highest BCUT2D eigenvalue weighted by atomic mass is 16.3. The Morgan fingerprint density at radius 1 is 1.29 bits per heavy atom. The Kier molecular flexibility index (Phi) is 5.17. The van der Waals surface area contributed by atoms with Crippen LogP contribution in [0.25, 0.3) is 0 Å². The molecule has 0 saturated heterocycles. The molecule has 0 spiro atoms. The van der Waals surface area contributed by atoms with E-state index in [2.05, 4.69) is 10.1 Å². The lowest BCUT2D eigenvalue weighted by Gasteiger charge is -2.29. The zero-order valence-corrected chi connectivity index (χ0v) is 14.9. The van der Waals surface area contributed by atoms with Crippen molar-refractivity contribution in [1.29, 1.82) is 5.41 Å². The highest BCUT2D eigenvalue weighted by molar-refractivity contribution is 6.70. The minimum Gasteiger partial charge on any atom is -0.375 e. The normalized spacial score (nSPS) is 18.5. The minimum atomic E-state index is -1.00. The maximum Gasteiger partial charge on any atom is 0.170 e. The third-order valence-corrected chi connectivity index (χ3v) is 3.51. The number of hydrogen-bond donors (Lipinski definition) is 3. The van der Waals surface area contributed by atoms with E-state index in [0.29, 0.717) is 29.3 Å². The summed E-state index contributed by atoms with van der Waals surface area (Å²) in [5, 5.41) is 24.1. The first kappa shape index (κ1) is 18.3. The lowest BCUT2D eigenvalue weighted by Crippen LogP contribution is -2.41. The summed E-state index contributed by atoms with van der Waals surface area (Å²) in [5.74, 6) is 0.294. The third-order valence-electron chi connectivity index (χ3n) is 3.51. The van der Waals surface area contributed by atoms with Gasteiger partial charge in [0.05, 0.1) is 11.2 Å². The molecule has 1 heterocycles. The monoisotopic (exact) mass is 330 g/mol. The van der Waals surface area contributed by atoms with Crippen LogP contribution in [0, 0.1) is 5.41 Å². The molecule has 130 valence electrons. The molecule has 4 N–H and O–H groups in total. The van der Waals surface area contributed by atoms with Gasteiger partial charge in [0.15, 0.2) is 5.84 Å². The molecule has 0 aliphatic carbocycles. The molecule has 0 fully saturated rings. The molecule has 0 saturated carbocycles. The summed E-state index contributed by atoms with van der Waals surface area (Å²) in [4.78, 5) is 6.61. The average molecular weight is 330 g/mol. The largest absolute Gasteiger partial charge is 0.375 e. The van der Waals surface area contributed by atoms with E-state index >= 15 is 0 Å². The smallest absolute Gasteiger partial charge is 0.170 e. The Balaban J connectivity index is 2.38. The van der Waals surface area contributed by atoms with E-state index in [-0.39, 0.29) is 5.54 Å². The Hall–Kier alpha value is -2.09. The first-order valence-electron chi connectivity index (χ1n) is 7.83. The van der Waals surface area contributed by atoms with Crippen molar-refractivity contribution < 1.29 is 5.11 Å². The van der Waals surface area contributed by atoms with E-state index < -0.39 is 6.23 Å². The van der Waals surface area contributed by atoms with Crippen LogP contribution in [0.1, 0.15) is 32.6 Å². The highest BCUT2D eigenvalue weighted by Crippen LogP contribution is 2.23. The number of nitrogens with one attached hydrogen (secondary N) is 1. The topological polar surface area (TPSA) is 101 Å². The second kappa shape index (κ2) is 6.80. The molecule has 0 amide bonds. The highest BCUT2D eigenvalue weighted by Gasteiger charge is 2.35. The number of amidine groups is 1. The Morgan fingerprint density at radius 3 is 2.33 bits per heavy atom. The van der Waals surface area contributed by atoms with Crippen molar-refractivity contribution in [3.63, 3.8) is 0 Å². The van der Waals surface area contributed by atoms with Crippen molar-refractivity contribution >= 4 is 22.9 Å². The van der Waals surface area contributed by atoms with Crippen LogP contribution >= 0.6 is 0 Å². The fraction of sp³-hybridized carbons (Fsp3) is 0.471. The van der Waals surface area contributed by atoms with Crippen molar-refractivity contribution in [3.05, 3.63) is 29.8 Å². The minimum absolute atomic E-state index is 0.292. The number of hydrazone groups is 1. The first-order valence-corrected chi connectivity index (χ1v) is 7.83. The van der Waals surface area contributed by atoms with Gasteiger partial charge in [-0.2, -0.15) is 5.10 Å². The molecule has 0 aromatic heterocycles. The van der Waals surface area contributed by atoms with Gasteiger partial charge in [-0.1, -0.05) is 12.1 Å². The number of hydrogen-bond acceptors (Lipinski definition) is 6.